The molecule has 1 heterocycles. The van der Waals surface area contributed by atoms with E-state index in [1.165, 1.54) is 43.9 Å². The van der Waals surface area contributed by atoms with Crippen molar-refractivity contribution in [3.63, 3.8) is 0 Å². The molecule has 0 bridgehead atoms. The van der Waals surface area contributed by atoms with Gasteiger partial charge in [0.2, 0.25) is 5.91 Å². The number of carbonyl (C=O) groups excluding carboxylic acids is 2. The first-order valence-electron chi connectivity index (χ1n) is 10.2. The Kier molecular flexibility index (Phi) is 7.69. The molecule has 2 aromatic rings. The molecule has 156 valence electrons. The van der Waals surface area contributed by atoms with Crippen molar-refractivity contribution >= 4 is 29.3 Å². The van der Waals surface area contributed by atoms with Gasteiger partial charge in [-0.15, -0.1) is 10.2 Å². The predicted octanol–water partition coefficient (Wildman–Crippen LogP) is 3.63. The summed E-state index contributed by atoms with van der Waals surface area (Å²) in [4.78, 5) is 25.0. The van der Waals surface area contributed by atoms with Crippen molar-refractivity contribution in [2.24, 2.45) is 13.0 Å². The van der Waals surface area contributed by atoms with Crippen LogP contribution in [0, 0.1) is 5.92 Å². The molecule has 0 saturated heterocycles. The van der Waals surface area contributed by atoms with Gasteiger partial charge in [0.25, 0.3) is 5.91 Å². The van der Waals surface area contributed by atoms with Gasteiger partial charge in [0.1, 0.15) is 6.33 Å². The summed E-state index contributed by atoms with van der Waals surface area (Å²) >= 11 is 1.32. The SMILES string of the molecule is CCCCC1CCCC1NC(=O)c1cccc(NC(=O)CSc2nncn2C)c1. The highest BCUT2D eigenvalue weighted by Gasteiger charge is 2.28. The third kappa shape index (κ3) is 6.06. The van der Waals surface area contributed by atoms with Crippen molar-refractivity contribution < 1.29 is 9.59 Å². The Morgan fingerprint density at radius 2 is 2.17 bits per heavy atom. The topological polar surface area (TPSA) is 88.9 Å². The first-order chi connectivity index (χ1) is 14.1. The molecular formula is C21H29N5O2S. The lowest BCUT2D eigenvalue weighted by atomic mass is 9.96. The number of rotatable bonds is 9. The maximum absolute atomic E-state index is 12.7. The van der Waals surface area contributed by atoms with Crippen LogP contribution >= 0.6 is 11.8 Å². The lowest BCUT2D eigenvalue weighted by Gasteiger charge is -2.21. The van der Waals surface area contributed by atoms with Crippen molar-refractivity contribution in [3.05, 3.63) is 36.2 Å². The fraction of sp³-hybridized carbons (Fsp3) is 0.524. The minimum absolute atomic E-state index is 0.0667. The van der Waals surface area contributed by atoms with E-state index in [-0.39, 0.29) is 23.6 Å². The number of nitrogens with zero attached hydrogens (tertiary/aromatic N) is 3. The first kappa shape index (κ1) is 21.4. The molecule has 1 aromatic heterocycles. The quantitative estimate of drug-likeness (QED) is 0.611. The summed E-state index contributed by atoms with van der Waals surface area (Å²) in [6, 6.07) is 7.37. The summed E-state index contributed by atoms with van der Waals surface area (Å²) in [7, 11) is 1.83. The number of unbranched alkanes of at least 4 members (excludes halogenated alkanes) is 1. The van der Waals surface area contributed by atoms with E-state index in [4.69, 9.17) is 0 Å². The Labute approximate surface area is 176 Å². The number of hydrogen-bond donors (Lipinski definition) is 2. The summed E-state index contributed by atoms with van der Waals surface area (Å²) in [6.07, 6.45) is 8.61. The molecule has 2 amide bonds. The van der Waals surface area contributed by atoms with E-state index in [0.29, 0.717) is 22.3 Å². The molecule has 1 saturated carbocycles. The summed E-state index contributed by atoms with van der Waals surface area (Å²) < 4.78 is 1.76. The van der Waals surface area contributed by atoms with Gasteiger partial charge >= 0.3 is 0 Å². The molecule has 29 heavy (non-hydrogen) atoms. The highest BCUT2D eigenvalue weighted by molar-refractivity contribution is 7.99. The lowest BCUT2D eigenvalue weighted by Crippen LogP contribution is -2.37. The molecule has 1 aliphatic carbocycles. The average molecular weight is 416 g/mol. The van der Waals surface area contributed by atoms with E-state index in [0.717, 1.165) is 6.42 Å². The number of anilines is 1. The molecule has 1 fully saturated rings. The molecular weight excluding hydrogens is 386 g/mol. The average Bonchev–Trinajstić information content (AvgIpc) is 3.33. The summed E-state index contributed by atoms with van der Waals surface area (Å²) in [6.45, 7) is 2.20. The number of aromatic nitrogens is 3. The van der Waals surface area contributed by atoms with Crippen molar-refractivity contribution in [2.45, 2.75) is 56.6 Å². The van der Waals surface area contributed by atoms with Crippen LogP contribution in [0.2, 0.25) is 0 Å². The van der Waals surface area contributed by atoms with Crippen molar-refractivity contribution in [2.75, 3.05) is 11.1 Å². The number of aryl methyl sites for hydroxylation is 1. The zero-order valence-electron chi connectivity index (χ0n) is 17.1. The van der Waals surface area contributed by atoms with Crippen LogP contribution < -0.4 is 10.6 Å². The normalized spacial score (nSPS) is 18.6. The fourth-order valence-electron chi connectivity index (χ4n) is 3.76. The van der Waals surface area contributed by atoms with Crippen LogP contribution in [-0.2, 0) is 11.8 Å². The van der Waals surface area contributed by atoms with E-state index in [2.05, 4.69) is 27.8 Å². The lowest BCUT2D eigenvalue weighted by molar-refractivity contribution is -0.113. The van der Waals surface area contributed by atoms with E-state index >= 15 is 0 Å². The molecule has 8 heteroatoms. The van der Waals surface area contributed by atoms with E-state index in [1.807, 2.05) is 7.05 Å². The molecule has 2 atom stereocenters. The Hall–Kier alpha value is -2.35. The largest absolute Gasteiger partial charge is 0.349 e. The maximum Gasteiger partial charge on any atom is 0.251 e. The molecule has 3 rings (SSSR count). The van der Waals surface area contributed by atoms with Gasteiger partial charge in [-0.05, 0) is 43.4 Å². The monoisotopic (exact) mass is 415 g/mol. The second kappa shape index (κ2) is 10.4. The van der Waals surface area contributed by atoms with Gasteiger partial charge in [-0.2, -0.15) is 0 Å². The standard InChI is InChI=1S/C21H29N5O2S/c1-3-4-7-15-8-6-11-18(15)24-20(28)16-9-5-10-17(12-16)23-19(27)13-29-21-25-22-14-26(21)2/h5,9-10,12,14-15,18H,3-4,6-8,11,13H2,1-2H3,(H,23,27)(H,24,28). The zero-order chi connectivity index (χ0) is 20.6. The molecule has 1 aliphatic rings. The minimum Gasteiger partial charge on any atom is -0.349 e. The van der Waals surface area contributed by atoms with Crippen LogP contribution in [0.5, 0.6) is 0 Å². The second-order valence-corrected chi connectivity index (χ2v) is 8.50. The number of hydrogen-bond acceptors (Lipinski definition) is 5. The van der Waals surface area contributed by atoms with Crippen LogP contribution in [0.15, 0.2) is 35.7 Å². The number of thioether (sulfide) groups is 1. The molecule has 2 N–H and O–H groups in total. The van der Waals surface area contributed by atoms with Crippen molar-refractivity contribution in [1.82, 2.24) is 20.1 Å². The Morgan fingerprint density at radius 3 is 2.93 bits per heavy atom. The van der Waals surface area contributed by atoms with Crippen LogP contribution in [-0.4, -0.2) is 38.4 Å². The third-order valence-electron chi connectivity index (χ3n) is 5.31. The summed E-state index contributed by atoms with van der Waals surface area (Å²) in [5.41, 5.74) is 1.19. The van der Waals surface area contributed by atoms with E-state index < -0.39 is 0 Å². The number of amides is 2. The fourth-order valence-corrected chi connectivity index (χ4v) is 4.45. The van der Waals surface area contributed by atoms with Gasteiger partial charge in [-0.1, -0.05) is 44.0 Å². The van der Waals surface area contributed by atoms with Gasteiger partial charge in [0.05, 0.1) is 5.75 Å². The third-order valence-corrected chi connectivity index (χ3v) is 6.35. The van der Waals surface area contributed by atoms with Gasteiger partial charge in [-0.3, -0.25) is 9.59 Å². The van der Waals surface area contributed by atoms with Crippen LogP contribution in [0.4, 0.5) is 5.69 Å². The number of carbonyl (C=O) groups is 2. The molecule has 0 spiro atoms. The Bertz CT molecular complexity index is 838. The number of nitrogens with one attached hydrogen (secondary N) is 2. The van der Waals surface area contributed by atoms with E-state index in [9.17, 15) is 9.59 Å². The minimum atomic E-state index is -0.147. The smallest absolute Gasteiger partial charge is 0.251 e. The van der Waals surface area contributed by atoms with Gasteiger partial charge in [-0.25, -0.2) is 0 Å². The second-order valence-electron chi connectivity index (χ2n) is 7.56. The highest BCUT2D eigenvalue weighted by atomic mass is 32.2. The number of benzene rings is 1. The van der Waals surface area contributed by atoms with Crippen LogP contribution in [0.1, 0.15) is 55.8 Å². The molecule has 7 nitrogen and oxygen atoms in total. The van der Waals surface area contributed by atoms with Crippen LogP contribution in [0.25, 0.3) is 0 Å². The van der Waals surface area contributed by atoms with Gasteiger partial charge in [0.15, 0.2) is 5.16 Å². The van der Waals surface area contributed by atoms with Gasteiger partial charge in [0, 0.05) is 24.3 Å². The van der Waals surface area contributed by atoms with Gasteiger partial charge < -0.3 is 15.2 Å². The zero-order valence-corrected chi connectivity index (χ0v) is 17.9. The van der Waals surface area contributed by atoms with Crippen molar-refractivity contribution in [3.8, 4) is 0 Å². The van der Waals surface area contributed by atoms with E-state index in [1.54, 1.807) is 35.2 Å². The molecule has 0 aliphatic heterocycles. The molecule has 1 aromatic carbocycles. The maximum atomic E-state index is 12.7. The van der Waals surface area contributed by atoms with Crippen LogP contribution in [0.3, 0.4) is 0 Å². The predicted molar refractivity (Wildman–Crippen MR) is 115 cm³/mol. The highest BCUT2D eigenvalue weighted by Crippen LogP contribution is 2.30. The molecule has 0 radical (unpaired) electrons. The Morgan fingerprint density at radius 1 is 1.31 bits per heavy atom. The summed E-state index contributed by atoms with van der Waals surface area (Å²) in [5.74, 6) is 0.595. The van der Waals surface area contributed by atoms with Crippen molar-refractivity contribution in [1.29, 1.82) is 0 Å². The summed E-state index contributed by atoms with van der Waals surface area (Å²) in [5, 5.41) is 14.5. The Balaban J connectivity index is 1.53. The molecule has 2 unspecified atom stereocenters. The first-order valence-corrected chi connectivity index (χ1v) is 11.2.